The third-order valence-electron chi connectivity index (χ3n) is 2.49. The molecule has 0 fully saturated rings. The SMILES string of the molecule is CC(C)(N)C(=O)NCCc1ccc(C(=O)O)cc1. The highest BCUT2D eigenvalue weighted by Crippen LogP contribution is 2.05. The maximum absolute atomic E-state index is 11.5. The Balaban J connectivity index is 2.45. The molecule has 0 bridgehead atoms. The summed E-state index contributed by atoms with van der Waals surface area (Å²) in [5.74, 6) is -1.15. The smallest absolute Gasteiger partial charge is 0.335 e. The van der Waals surface area contributed by atoms with Gasteiger partial charge < -0.3 is 16.2 Å². The van der Waals surface area contributed by atoms with Crippen LogP contribution >= 0.6 is 0 Å². The van der Waals surface area contributed by atoms with Gasteiger partial charge in [-0.2, -0.15) is 0 Å². The van der Waals surface area contributed by atoms with Crippen LogP contribution in [0.1, 0.15) is 29.8 Å². The summed E-state index contributed by atoms with van der Waals surface area (Å²) in [6.07, 6.45) is 0.641. The molecular formula is C13H18N2O3. The average molecular weight is 250 g/mol. The van der Waals surface area contributed by atoms with Gasteiger partial charge >= 0.3 is 5.97 Å². The second kappa shape index (κ2) is 5.64. The van der Waals surface area contributed by atoms with Gasteiger partial charge in [-0.15, -0.1) is 0 Å². The summed E-state index contributed by atoms with van der Waals surface area (Å²) >= 11 is 0. The van der Waals surface area contributed by atoms with E-state index in [2.05, 4.69) is 5.32 Å². The molecule has 0 heterocycles. The molecule has 1 rings (SSSR count). The predicted molar refractivity (Wildman–Crippen MR) is 68.4 cm³/mol. The highest BCUT2D eigenvalue weighted by Gasteiger charge is 2.20. The summed E-state index contributed by atoms with van der Waals surface area (Å²) in [5.41, 5.74) is 5.98. The van der Waals surface area contributed by atoms with E-state index in [0.717, 1.165) is 5.56 Å². The van der Waals surface area contributed by atoms with Gasteiger partial charge in [0.05, 0.1) is 11.1 Å². The molecule has 1 amide bonds. The molecule has 4 N–H and O–H groups in total. The minimum absolute atomic E-state index is 0.204. The number of carbonyl (C=O) groups is 2. The lowest BCUT2D eigenvalue weighted by Crippen LogP contribution is -2.49. The summed E-state index contributed by atoms with van der Waals surface area (Å²) in [6, 6.07) is 6.57. The van der Waals surface area contributed by atoms with E-state index in [1.807, 2.05) is 0 Å². The Kier molecular flexibility index (Phi) is 4.44. The third kappa shape index (κ3) is 4.18. The molecule has 0 aliphatic heterocycles. The fourth-order valence-electron chi connectivity index (χ4n) is 1.36. The van der Waals surface area contributed by atoms with Crippen LogP contribution in [0.25, 0.3) is 0 Å². The van der Waals surface area contributed by atoms with Crippen molar-refractivity contribution in [3.63, 3.8) is 0 Å². The molecule has 0 aliphatic rings. The average Bonchev–Trinajstić information content (AvgIpc) is 2.28. The molecule has 0 aliphatic carbocycles. The number of hydrogen-bond acceptors (Lipinski definition) is 3. The van der Waals surface area contributed by atoms with Gasteiger partial charge in [-0.1, -0.05) is 12.1 Å². The van der Waals surface area contributed by atoms with Crippen LogP contribution in [0, 0.1) is 0 Å². The Morgan fingerprint density at radius 1 is 1.28 bits per heavy atom. The van der Waals surface area contributed by atoms with Crippen LogP contribution in [0.5, 0.6) is 0 Å². The van der Waals surface area contributed by atoms with Gasteiger partial charge in [-0.25, -0.2) is 4.79 Å². The lowest BCUT2D eigenvalue weighted by atomic mass is 10.1. The fraction of sp³-hybridized carbons (Fsp3) is 0.385. The monoisotopic (exact) mass is 250 g/mol. The zero-order valence-electron chi connectivity index (χ0n) is 10.6. The molecule has 0 radical (unpaired) electrons. The molecule has 1 aromatic carbocycles. The number of carbonyl (C=O) groups excluding carboxylic acids is 1. The number of aromatic carboxylic acids is 1. The van der Waals surface area contributed by atoms with E-state index in [4.69, 9.17) is 10.8 Å². The van der Waals surface area contributed by atoms with Gasteiger partial charge in [-0.05, 0) is 38.0 Å². The first-order valence-electron chi connectivity index (χ1n) is 5.70. The first-order chi connectivity index (χ1) is 8.30. The van der Waals surface area contributed by atoms with Gasteiger partial charge in [0.15, 0.2) is 0 Å². The Morgan fingerprint density at radius 2 is 1.83 bits per heavy atom. The Bertz CT molecular complexity index is 433. The standard InChI is InChI=1S/C13H18N2O3/c1-13(2,14)12(18)15-8-7-9-3-5-10(6-4-9)11(16)17/h3-6H,7-8,14H2,1-2H3,(H,15,18)(H,16,17). The van der Waals surface area contributed by atoms with E-state index >= 15 is 0 Å². The predicted octanol–water partition coefficient (Wildman–Crippen LogP) is 0.781. The molecule has 0 aromatic heterocycles. The lowest BCUT2D eigenvalue weighted by molar-refractivity contribution is -0.125. The summed E-state index contributed by atoms with van der Waals surface area (Å²) in [6.45, 7) is 3.76. The van der Waals surface area contributed by atoms with E-state index in [-0.39, 0.29) is 11.5 Å². The summed E-state index contributed by atoms with van der Waals surface area (Å²) in [4.78, 5) is 22.1. The molecule has 18 heavy (non-hydrogen) atoms. The zero-order valence-corrected chi connectivity index (χ0v) is 10.6. The summed E-state index contributed by atoms with van der Waals surface area (Å²) in [5, 5.41) is 11.5. The van der Waals surface area contributed by atoms with Gasteiger partial charge in [0.25, 0.3) is 0 Å². The molecule has 0 spiro atoms. The second-order valence-corrected chi connectivity index (χ2v) is 4.73. The number of amides is 1. The molecule has 0 unspecified atom stereocenters. The Hall–Kier alpha value is -1.88. The molecular weight excluding hydrogens is 232 g/mol. The number of carboxylic acid groups (broad SMARTS) is 1. The van der Waals surface area contributed by atoms with E-state index in [0.29, 0.717) is 13.0 Å². The topological polar surface area (TPSA) is 92.4 Å². The molecule has 0 atom stereocenters. The summed E-state index contributed by atoms with van der Waals surface area (Å²) < 4.78 is 0. The highest BCUT2D eigenvalue weighted by molar-refractivity contribution is 5.87. The highest BCUT2D eigenvalue weighted by atomic mass is 16.4. The van der Waals surface area contributed by atoms with E-state index in [9.17, 15) is 9.59 Å². The quantitative estimate of drug-likeness (QED) is 0.720. The molecule has 0 saturated carbocycles. The van der Waals surface area contributed by atoms with Crippen LogP contribution in [0.15, 0.2) is 24.3 Å². The van der Waals surface area contributed by atoms with Crippen molar-refractivity contribution in [3.05, 3.63) is 35.4 Å². The maximum Gasteiger partial charge on any atom is 0.335 e. The van der Waals surface area contributed by atoms with Crippen molar-refractivity contribution in [1.82, 2.24) is 5.32 Å². The van der Waals surface area contributed by atoms with Crippen LogP contribution in [0.2, 0.25) is 0 Å². The lowest BCUT2D eigenvalue weighted by Gasteiger charge is -2.17. The zero-order chi connectivity index (χ0) is 13.8. The number of rotatable bonds is 5. The Morgan fingerprint density at radius 3 is 2.28 bits per heavy atom. The van der Waals surface area contributed by atoms with Crippen LogP contribution in [-0.4, -0.2) is 29.1 Å². The Labute approximate surface area is 106 Å². The van der Waals surface area contributed by atoms with Crippen LogP contribution in [0.4, 0.5) is 0 Å². The van der Waals surface area contributed by atoms with Gasteiger partial charge in [0.1, 0.15) is 0 Å². The minimum Gasteiger partial charge on any atom is -0.478 e. The van der Waals surface area contributed by atoms with Crippen molar-refractivity contribution in [1.29, 1.82) is 0 Å². The molecule has 5 nitrogen and oxygen atoms in total. The van der Waals surface area contributed by atoms with E-state index < -0.39 is 11.5 Å². The number of benzene rings is 1. The van der Waals surface area contributed by atoms with Crippen LogP contribution < -0.4 is 11.1 Å². The third-order valence-corrected chi connectivity index (χ3v) is 2.49. The van der Waals surface area contributed by atoms with Crippen LogP contribution in [-0.2, 0) is 11.2 Å². The molecule has 0 saturated heterocycles. The van der Waals surface area contributed by atoms with Crippen molar-refractivity contribution in [2.45, 2.75) is 25.8 Å². The first-order valence-corrected chi connectivity index (χ1v) is 5.70. The fourth-order valence-corrected chi connectivity index (χ4v) is 1.36. The largest absolute Gasteiger partial charge is 0.478 e. The van der Waals surface area contributed by atoms with Crippen molar-refractivity contribution >= 4 is 11.9 Å². The molecule has 5 heteroatoms. The van der Waals surface area contributed by atoms with Gasteiger partial charge in [-0.3, -0.25) is 4.79 Å². The minimum atomic E-state index is -0.945. The van der Waals surface area contributed by atoms with E-state index in [1.165, 1.54) is 0 Å². The molecule has 98 valence electrons. The van der Waals surface area contributed by atoms with E-state index in [1.54, 1.807) is 38.1 Å². The van der Waals surface area contributed by atoms with Gasteiger partial charge in [0.2, 0.25) is 5.91 Å². The number of hydrogen-bond donors (Lipinski definition) is 3. The first kappa shape index (κ1) is 14.2. The molecule has 1 aromatic rings. The maximum atomic E-state index is 11.5. The summed E-state index contributed by atoms with van der Waals surface area (Å²) in [7, 11) is 0. The number of carboxylic acids is 1. The van der Waals surface area contributed by atoms with Gasteiger partial charge in [0, 0.05) is 6.54 Å². The normalized spacial score (nSPS) is 11.1. The van der Waals surface area contributed by atoms with Crippen molar-refractivity contribution < 1.29 is 14.7 Å². The van der Waals surface area contributed by atoms with Crippen LogP contribution in [0.3, 0.4) is 0 Å². The number of nitrogens with one attached hydrogen (secondary N) is 1. The second-order valence-electron chi connectivity index (χ2n) is 4.73. The van der Waals surface area contributed by atoms with Crippen molar-refractivity contribution in [2.75, 3.05) is 6.54 Å². The number of nitrogens with two attached hydrogens (primary N) is 1. The van der Waals surface area contributed by atoms with Crippen molar-refractivity contribution in [3.8, 4) is 0 Å². The van der Waals surface area contributed by atoms with Crippen molar-refractivity contribution in [2.24, 2.45) is 5.73 Å².